The number of aromatic hydroxyl groups is 1. The molecule has 0 saturated carbocycles. The summed E-state index contributed by atoms with van der Waals surface area (Å²) in [5, 5.41) is 11.4. The third kappa shape index (κ3) is 3.63. The van der Waals surface area contributed by atoms with Gasteiger partial charge in [-0.2, -0.15) is 0 Å². The number of hydrogen-bond donors (Lipinski definition) is 1. The Morgan fingerprint density at radius 2 is 1.86 bits per heavy atom. The van der Waals surface area contributed by atoms with E-state index in [1.165, 1.54) is 28.3 Å². The zero-order chi connectivity index (χ0) is 24.9. The highest BCUT2D eigenvalue weighted by molar-refractivity contribution is 5.96. The molecule has 0 spiro atoms. The number of allylic oxidation sites excluding steroid dienone is 2. The molecule has 0 fully saturated rings. The van der Waals surface area contributed by atoms with Crippen LogP contribution < -0.4 is 20.9 Å². The van der Waals surface area contributed by atoms with Crippen LogP contribution in [0.25, 0.3) is 12.7 Å². The van der Waals surface area contributed by atoms with Crippen molar-refractivity contribution in [3.05, 3.63) is 103 Å². The topological polar surface area (TPSA) is 62.5 Å². The minimum atomic E-state index is -0.370. The van der Waals surface area contributed by atoms with Crippen LogP contribution >= 0.6 is 0 Å². The zero-order valence-corrected chi connectivity index (χ0v) is 20.5. The third-order valence-electron chi connectivity index (χ3n) is 7.35. The molecule has 5 nitrogen and oxygen atoms in total. The quantitative estimate of drug-likeness (QED) is 0.597. The maximum absolute atomic E-state index is 13.6. The van der Waals surface area contributed by atoms with Gasteiger partial charge in [-0.05, 0) is 53.8 Å². The first kappa shape index (κ1) is 22.9. The molecule has 0 atom stereocenters. The number of carbonyl (C=O) groups is 1. The van der Waals surface area contributed by atoms with Gasteiger partial charge in [-0.25, -0.2) is 0 Å². The highest BCUT2D eigenvalue weighted by atomic mass is 16.3. The Morgan fingerprint density at radius 1 is 1.11 bits per heavy atom. The number of ketones is 1. The number of aromatic nitrogens is 1. The van der Waals surface area contributed by atoms with E-state index < -0.39 is 0 Å². The van der Waals surface area contributed by atoms with Crippen LogP contribution in [0.5, 0.6) is 5.88 Å². The highest BCUT2D eigenvalue weighted by Gasteiger charge is 2.41. The minimum absolute atomic E-state index is 0.0828. The van der Waals surface area contributed by atoms with Gasteiger partial charge in [0.25, 0.3) is 5.56 Å². The lowest BCUT2D eigenvalue weighted by Crippen LogP contribution is -2.47. The van der Waals surface area contributed by atoms with Crippen molar-refractivity contribution in [2.75, 3.05) is 11.4 Å². The van der Waals surface area contributed by atoms with Crippen molar-refractivity contribution in [1.29, 1.82) is 0 Å². The Morgan fingerprint density at radius 3 is 2.57 bits per heavy atom. The van der Waals surface area contributed by atoms with Gasteiger partial charge in [-0.3, -0.25) is 14.2 Å². The van der Waals surface area contributed by atoms with E-state index >= 15 is 0 Å². The monoisotopic (exact) mass is 466 g/mol. The van der Waals surface area contributed by atoms with Gasteiger partial charge in [-0.15, -0.1) is 0 Å². The molecule has 1 N–H and O–H groups in total. The fraction of sp³-hybridized carbons (Fsp3) is 0.267. The smallest absolute Gasteiger partial charge is 0.261 e. The van der Waals surface area contributed by atoms with Gasteiger partial charge in [-0.1, -0.05) is 69.0 Å². The van der Waals surface area contributed by atoms with Gasteiger partial charge in [0.1, 0.15) is 0 Å². The molecule has 0 saturated heterocycles. The molecule has 3 aromatic rings. The van der Waals surface area contributed by atoms with Crippen LogP contribution in [0.3, 0.4) is 0 Å². The summed E-state index contributed by atoms with van der Waals surface area (Å²) in [6.07, 6.45) is 5.91. The van der Waals surface area contributed by atoms with Crippen LogP contribution in [0.1, 0.15) is 54.2 Å². The summed E-state index contributed by atoms with van der Waals surface area (Å²) >= 11 is 0. The van der Waals surface area contributed by atoms with Gasteiger partial charge in [0.2, 0.25) is 5.88 Å². The van der Waals surface area contributed by atoms with E-state index in [1.807, 2.05) is 36.4 Å². The molecule has 0 unspecified atom stereocenters. The first-order valence-electron chi connectivity index (χ1n) is 12.0. The second kappa shape index (κ2) is 8.42. The maximum Gasteiger partial charge on any atom is 0.261 e. The zero-order valence-electron chi connectivity index (χ0n) is 20.5. The molecule has 0 bridgehead atoms. The molecule has 0 amide bonds. The molecular formula is C30H30N2O3. The molecule has 178 valence electrons. The van der Waals surface area contributed by atoms with Gasteiger partial charge in [0.15, 0.2) is 5.78 Å². The van der Waals surface area contributed by atoms with Crippen LogP contribution in [-0.4, -0.2) is 22.0 Å². The fourth-order valence-corrected chi connectivity index (χ4v) is 5.56. The van der Waals surface area contributed by atoms with Crippen molar-refractivity contribution in [3.8, 4) is 5.88 Å². The van der Waals surface area contributed by atoms with Crippen LogP contribution in [-0.2, 0) is 18.4 Å². The molecular weight excluding hydrogens is 436 g/mol. The Bertz CT molecular complexity index is 1550. The lowest BCUT2D eigenvalue weighted by Gasteiger charge is -2.30. The molecule has 3 heterocycles. The first-order valence-corrected chi connectivity index (χ1v) is 12.0. The lowest BCUT2D eigenvalue weighted by molar-refractivity contribution is 0.101. The average Bonchev–Trinajstić information content (AvgIpc) is 3.05. The maximum atomic E-state index is 13.6. The molecule has 5 heteroatoms. The average molecular weight is 467 g/mol. The van der Waals surface area contributed by atoms with E-state index in [2.05, 4.69) is 43.5 Å². The van der Waals surface area contributed by atoms with E-state index in [-0.39, 0.29) is 40.0 Å². The summed E-state index contributed by atoms with van der Waals surface area (Å²) in [7, 11) is 0. The third-order valence-corrected chi connectivity index (χ3v) is 7.35. The number of rotatable bonds is 4. The van der Waals surface area contributed by atoms with Crippen LogP contribution in [0, 0.1) is 0 Å². The van der Waals surface area contributed by atoms with E-state index in [9.17, 15) is 14.7 Å². The number of para-hydroxylation sites is 1. The predicted octanol–water partition coefficient (Wildman–Crippen LogP) is 3.62. The molecule has 2 aliphatic heterocycles. The number of hydrogen-bond acceptors (Lipinski definition) is 4. The number of nitrogens with zero attached hydrogens (tertiary/aromatic N) is 2. The van der Waals surface area contributed by atoms with Gasteiger partial charge in [0.05, 0.1) is 12.1 Å². The summed E-state index contributed by atoms with van der Waals surface area (Å²) in [6, 6.07) is 15.9. The SMILES string of the molecule is C=c1c(C(C)=O)c(O)n(Cc2ccccc2)c(=O)/c1=C\C=C1N2CCCc3cccc(c32)C1(C)C. The molecule has 0 aliphatic carbocycles. The first-order chi connectivity index (χ1) is 16.7. The van der Waals surface area contributed by atoms with Crippen molar-refractivity contribution >= 4 is 24.1 Å². The number of Topliss-reactive ketones (excluding diaryl/α,β-unsaturated/α-hetero) is 1. The summed E-state index contributed by atoms with van der Waals surface area (Å²) in [4.78, 5) is 28.4. The normalized spacial score (nSPS) is 17.6. The van der Waals surface area contributed by atoms with E-state index in [4.69, 9.17) is 0 Å². The van der Waals surface area contributed by atoms with Crippen LogP contribution in [0.15, 0.2) is 65.1 Å². The summed E-state index contributed by atoms with van der Waals surface area (Å²) in [5.74, 6) is -0.665. The minimum Gasteiger partial charge on any atom is -0.494 e. The second-order valence-corrected chi connectivity index (χ2v) is 9.94. The van der Waals surface area contributed by atoms with Crippen LogP contribution in [0.2, 0.25) is 0 Å². The molecule has 2 aliphatic rings. The van der Waals surface area contributed by atoms with Gasteiger partial charge >= 0.3 is 0 Å². The van der Waals surface area contributed by atoms with E-state index in [0.717, 1.165) is 30.6 Å². The van der Waals surface area contributed by atoms with Crippen LogP contribution in [0.4, 0.5) is 5.69 Å². The number of anilines is 1. The molecule has 0 radical (unpaired) electrons. The van der Waals surface area contributed by atoms with Crippen molar-refractivity contribution in [2.24, 2.45) is 0 Å². The van der Waals surface area contributed by atoms with Crippen molar-refractivity contribution in [2.45, 2.75) is 45.6 Å². The number of benzene rings is 2. The molecule has 2 aromatic carbocycles. The Hall–Kier alpha value is -3.86. The molecule has 1 aromatic heterocycles. The molecule has 5 rings (SSSR count). The predicted molar refractivity (Wildman–Crippen MR) is 140 cm³/mol. The van der Waals surface area contributed by atoms with E-state index in [1.54, 1.807) is 6.08 Å². The summed E-state index contributed by atoms with van der Waals surface area (Å²) < 4.78 is 1.26. The number of carbonyl (C=O) groups excluding carboxylic acids is 1. The second-order valence-electron chi connectivity index (χ2n) is 9.94. The largest absolute Gasteiger partial charge is 0.494 e. The van der Waals surface area contributed by atoms with Gasteiger partial charge < -0.3 is 10.0 Å². The lowest BCUT2D eigenvalue weighted by atomic mass is 9.83. The van der Waals surface area contributed by atoms with Crippen molar-refractivity contribution < 1.29 is 9.90 Å². The highest BCUT2D eigenvalue weighted by Crippen LogP contribution is 2.50. The van der Waals surface area contributed by atoms with E-state index in [0.29, 0.717) is 5.22 Å². The fourth-order valence-electron chi connectivity index (χ4n) is 5.56. The summed E-state index contributed by atoms with van der Waals surface area (Å²) in [5.41, 5.74) is 5.40. The Balaban J connectivity index is 1.72. The Kier molecular flexibility index (Phi) is 5.51. The standard InChI is InChI=1S/C30H30N2O3/c1-19-23(28(34)32(29(35)26(19)20(2)33)18-21-10-6-5-7-11-21)15-16-25-30(3,4)24-14-8-12-22-13-9-17-31(25)27(22)24/h5-8,10-12,14-16,35H,1,9,13,17-18H2,2-4H3/b23-15-,25-16?. The van der Waals surface area contributed by atoms with Gasteiger partial charge in [0, 0.05) is 28.6 Å². The summed E-state index contributed by atoms with van der Waals surface area (Å²) in [6.45, 7) is 10.9. The van der Waals surface area contributed by atoms with Crippen molar-refractivity contribution in [3.63, 3.8) is 0 Å². The van der Waals surface area contributed by atoms with Crippen molar-refractivity contribution in [1.82, 2.24) is 4.57 Å². The number of aryl methyl sites for hydroxylation is 1. The molecule has 35 heavy (non-hydrogen) atoms. The Labute approximate surface area is 205 Å². The number of pyridine rings is 1.